The zero-order valence-electron chi connectivity index (χ0n) is 19.3. The van der Waals surface area contributed by atoms with E-state index in [1.165, 1.54) is 10.5 Å². The number of nitrogens with zero attached hydrogens (tertiary/aromatic N) is 2. The Labute approximate surface area is 208 Å². The van der Waals surface area contributed by atoms with Gasteiger partial charge in [0.05, 0.1) is 16.4 Å². The number of carbonyl (C=O) groups is 2. The average molecular weight is 484 g/mol. The molecule has 0 fully saturated rings. The molecule has 0 aliphatic carbocycles. The summed E-state index contributed by atoms with van der Waals surface area (Å²) in [5.41, 5.74) is 4.50. The van der Waals surface area contributed by atoms with Gasteiger partial charge in [-0.05, 0) is 36.2 Å². The second kappa shape index (κ2) is 10.1. The maximum atomic E-state index is 13.0. The van der Waals surface area contributed by atoms with Gasteiger partial charge in [0.15, 0.2) is 6.10 Å². The summed E-state index contributed by atoms with van der Waals surface area (Å²) in [6.45, 7) is 2.03. The monoisotopic (exact) mass is 483 g/mol. The first-order valence-corrected chi connectivity index (χ1v) is 12.4. The molecule has 1 aliphatic heterocycles. The number of hydrogen-bond acceptors (Lipinski definition) is 5. The number of ether oxygens (including phenoxy) is 1. The van der Waals surface area contributed by atoms with E-state index in [2.05, 4.69) is 17.4 Å². The zero-order valence-corrected chi connectivity index (χ0v) is 20.1. The van der Waals surface area contributed by atoms with Gasteiger partial charge in [0.1, 0.15) is 12.3 Å². The third-order valence-corrected chi connectivity index (χ3v) is 6.70. The van der Waals surface area contributed by atoms with Crippen molar-refractivity contribution in [1.29, 1.82) is 0 Å². The predicted octanol–water partition coefficient (Wildman–Crippen LogP) is 4.83. The van der Waals surface area contributed by atoms with E-state index in [9.17, 15) is 9.59 Å². The number of amides is 2. The van der Waals surface area contributed by atoms with Crippen LogP contribution in [-0.4, -0.2) is 29.4 Å². The van der Waals surface area contributed by atoms with Gasteiger partial charge in [0.25, 0.3) is 5.91 Å². The lowest BCUT2D eigenvalue weighted by molar-refractivity contribution is -0.128. The van der Waals surface area contributed by atoms with Gasteiger partial charge >= 0.3 is 0 Å². The molecule has 4 aromatic rings. The van der Waals surface area contributed by atoms with Crippen LogP contribution in [0.25, 0.3) is 11.3 Å². The second-order valence-electron chi connectivity index (χ2n) is 8.42. The van der Waals surface area contributed by atoms with E-state index < -0.39 is 6.10 Å². The summed E-state index contributed by atoms with van der Waals surface area (Å²) in [5.74, 6) is 0.107. The van der Waals surface area contributed by atoms with Gasteiger partial charge < -0.3 is 10.1 Å². The molecule has 0 spiro atoms. The third kappa shape index (κ3) is 5.25. The Morgan fingerprint density at radius 3 is 2.49 bits per heavy atom. The number of benzene rings is 3. The number of carbonyl (C=O) groups excluding carboxylic acids is 2. The number of fused-ring (bicyclic) bond motifs is 1. The molecular weight excluding hydrogens is 458 g/mol. The normalized spacial score (nSPS) is 14.8. The molecule has 35 heavy (non-hydrogen) atoms. The predicted molar refractivity (Wildman–Crippen MR) is 138 cm³/mol. The van der Waals surface area contributed by atoms with Crippen LogP contribution >= 0.6 is 11.3 Å². The van der Waals surface area contributed by atoms with Crippen LogP contribution < -0.4 is 15.0 Å². The summed E-state index contributed by atoms with van der Waals surface area (Å²) in [5, 5.41) is 5.94. The van der Waals surface area contributed by atoms with E-state index in [1.54, 1.807) is 18.3 Å². The number of aromatic nitrogens is 1. The van der Waals surface area contributed by atoms with E-state index >= 15 is 0 Å². The minimum Gasteiger partial charge on any atom is -0.479 e. The maximum Gasteiger partial charge on any atom is 0.268 e. The number of anilines is 1. The highest BCUT2D eigenvalue weighted by Crippen LogP contribution is 2.37. The number of nitrogens with one attached hydrogen (secondary N) is 1. The van der Waals surface area contributed by atoms with Crippen molar-refractivity contribution in [3.8, 4) is 17.0 Å². The van der Waals surface area contributed by atoms with Gasteiger partial charge in [-0.2, -0.15) is 0 Å². The van der Waals surface area contributed by atoms with Gasteiger partial charge in [0.2, 0.25) is 5.91 Å². The molecular formula is C28H25N3O3S. The van der Waals surface area contributed by atoms with E-state index in [0.29, 0.717) is 18.0 Å². The number of rotatable bonds is 7. The topological polar surface area (TPSA) is 71.5 Å². The molecule has 6 nitrogen and oxygen atoms in total. The van der Waals surface area contributed by atoms with Crippen LogP contribution in [0, 0.1) is 0 Å². The molecule has 1 unspecified atom stereocenters. The minimum absolute atomic E-state index is 0.0772. The molecule has 1 aliphatic rings. The van der Waals surface area contributed by atoms with E-state index in [0.717, 1.165) is 28.2 Å². The molecule has 1 atom stereocenters. The Morgan fingerprint density at radius 1 is 1.03 bits per heavy atom. The highest BCUT2D eigenvalue weighted by molar-refractivity contribution is 7.10. The molecule has 1 N–H and O–H groups in total. The first-order chi connectivity index (χ1) is 17.1. The smallest absolute Gasteiger partial charge is 0.268 e. The van der Waals surface area contributed by atoms with Crippen molar-refractivity contribution >= 4 is 28.8 Å². The molecule has 176 valence electrons. The molecule has 0 radical (unpaired) electrons. The van der Waals surface area contributed by atoms with Crippen molar-refractivity contribution in [2.45, 2.75) is 26.0 Å². The minimum atomic E-state index is -0.660. The van der Waals surface area contributed by atoms with Crippen molar-refractivity contribution in [2.24, 2.45) is 0 Å². The summed E-state index contributed by atoms with van der Waals surface area (Å²) in [4.78, 5) is 32.0. The van der Waals surface area contributed by atoms with Crippen LogP contribution in [0.4, 0.5) is 5.69 Å². The van der Waals surface area contributed by atoms with Gasteiger partial charge in [-0.15, -0.1) is 11.3 Å². The van der Waals surface area contributed by atoms with Crippen LogP contribution in [0.15, 0.2) is 84.2 Å². The number of hydrogen-bond donors (Lipinski definition) is 1. The van der Waals surface area contributed by atoms with E-state index in [1.807, 2.05) is 72.1 Å². The Hall–Kier alpha value is -3.97. The molecule has 2 amide bonds. The Kier molecular flexibility index (Phi) is 6.59. The van der Waals surface area contributed by atoms with Crippen LogP contribution in [-0.2, 0) is 22.6 Å². The highest BCUT2D eigenvalue weighted by atomic mass is 32.1. The van der Waals surface area contributed by atoms with E-state index in [-0.39, 0.29) is 18.4 Å². The van der Waals surface area contributed by atoms with Gasteiger partial charge in [-0.3, -0.25) is 14.5 Å². The summed E-state index contributed by atoms with van der Waals surface area (Å²) < 4.78 is 5.82. The zero-order chi connectivity index (χ0) is 24.2. The number of thiazole rings is 1. The Morgan fingerprint density at radius 2 is 1.74 bits per heavy atom. The van der Waals surface area contributed by atoms with Crippen molar-refractivity contribution in [3.05, 3.63) is 100 Å². The first-order valence-electron chi connectivity index (χ1n) is 11.5. The summed E-state index contributed by atoms with van der Waals surface area (Å²) in [6, 6.07) is 25.6. The summed E-state index contributed by atoms with van der Waals surface area (Å²) in [6.07, 6.45) is 0.107. The second-order valence-corrected chi connectivity index (χ2v) is 9.36. The lowest BCUT2D eigenvalue weighted by Crippen LogP contribution is -2.48. The Bertz CT molecular complexity index is 1340. The molecule has 5 rings (SSSR count). The molecule has 1 aromatic heterocycles. The standard InChI is InChI=1S/C28H25N3O3S/c1-19-28(33)31(17-26(32)29-16-21-10-6-3-7-11-21)24-15-22(12-13-25(24)34-19)23-18-35-27(30-23)14-20-8-4-2-5-9-20/h2-13,15,18-19H,14,16-17H2,1H3,(H,29,32). The molecule has 7 heteroatoms. The van der Waals surface area contributed by atoms with Crippen molar-refractivity contribution in [3.63, 3.8) is 0 Å². The molecule has 0 saturated carbocycles. The van der Waals surface area contributed by atoms with Gasteiger partial charge in [-0.1, -0.05) is 60.7 Å². The van der Waals surface area contributed by atoms with Crippen LogP contribution in [0.5, 0.6) is 5.75 Å². The fraction of sp³-hybridized carbons (Fsp3) is 0.179. The maximum absolute atomic E-state index is 13.0. The quantitative estimate of drug-likeness (QED) is 0.409. The Balaban J connectivity index is 1.35. The van der Waals surface area contributed by atoms with E-state index in [4.69, 9.17) is 9.72 Å². The van der Waals surface area contributed by atoms with Crippen molar-refractivity contribution in [2.75, 3.05) is 11.4 Å². The SMILES string of the molecule is CC1Oc2ccc(-c3csc(Cc4ccccc4)n3)cc2N(CC(=O)NCc2ccccc2)C1=O. The first kappa shape index (κ1) is 22.8. The van der Waals surface area contributed by atoms with Crippen molar-refractivity contribution < 1.29 is 14.3 Å². The average Bonchev–Trinajstić information content (AvgIpc) is 3.35. The fourth-order valence-corrected chi connectivity index (χ4v) is 4.86. The fourth-order valence-electron chi connectivity index (χ4n) is 4.02. The lowest BCUT2D eigenvalue weighted by Gasteiger charge is -2.32. The highest BCUT2D eigenvalue weighted by Gasteiger charge is 2.33. The molecule has 2 heterocycles. The summed E-state index contributed by atoms with van der Waals surface area (Å²) in [7, 11) is 0. The third-order valence-electron chi connectivity index (χ3n) is 5.85. The molecule has 0 bridgehead atoms. The summed E-state index contributed by atoms with van der Waals surface area (Å²) >= 11 is 1.61. The van der Waals surface area contributed by atoms with Crippen LogP contribution in [0.2, 0.25) is 0 Å². The van der Waals surface area contributed by atoms with Gasteiger partial charge in [-0.25, -0.2) is 4.98 Å². The largest absolute Gasteiger partial charge is 0.479 e. The molecule has 3 aromatic carbocycles. The van der Waals surface area contributed by atoms with Crippen molar-refractivity contribution in [1.82, 2.24) is 10.3 Å². The van der Waals surface area contributed by atoms with Crippen LogP contribution in [0.3, 0.4) is 0 Å². The van der Waals surface area contributed by atoms with Crippen LogP contribution in [0.1, 0.15) is 23.1 Å². The van der Waals surface area contributed by atoms with Gasteiger partial charge in [0, 0.05) is 23.9 Å². The lowest BCUT2D eigenvalue weighted by atomic mass is 10.1. The molecule has 0 saturated heterocycles.